The van der Waals surface area contributed by atoms with Crippen molar-refractivity contribution < 1.29 is 19.4 Å². The van der Waals surface area contributed by atoms with Crippen molar-refractivity contribution in [1.82, 2.24) is 9.78 Å². The minimum absolute atomic E-state index is 0.313. The molecule has 2 N–H and O–H groups in total. The van der Waals surface area contributed by atoms with Gasteiger partial charge in [-0.25, -0.2) is 4.79 Å². The molecule has 0 radical (unpaired) electrons. The number of carbonyl (C=O) groups is 2. The summed E-state index contributed by atoms with van der Waals surface area (Å²) in [6, 6.07) is 0. The fourth-order valence-electron chi connectivity index (χ4n) is 1.44. The fourth-order valence-corrected chi connectivity index (χ4v) is 1.44. The van der Waals surface area contributed by atoms with Gasteiger partial charge < -0.3 is 15.2 Å². The molecular weight excluding hydrogens is 274 g/mol. The van der Waals surface area contributed by atoms with E-state index in [9.17, 15) is 9.59 Å². The van der Waals surface area contributed by atoms with Gasteiger partial charge in [0.2, 0.25) is 0 Å². The van der Waals surface area contributed by atoms with Crippen LogP contribution in [0.4, 0.5) is 5.69 Å². The third kappa shape index (κ3) is 4.42. The molecule has 1 aromatic rings. The van der Waals surface area contributed by atoms with Gasteiger partial charge in [0.25, 0.3) is 5.91 Å². The summed E-state index contributed by atoms with van der Waals surface area (Å²) in [6.07, 6.45) is 4.65. The Morgan fingerprint density at radius 2 is 2.29 bits per heavy atom. The summed E-state index contributed by atoms with van der Waals surface area (Å²) < 4.78 is 6.61. The molecule has 0 aliphatic rings. The number of nitrogens with one attached hydrogen (secondary N) is 1. The van der Waals surface area contributed by atoms with Gasteiger partial charge in [-0.1, -0.05) is 6.08 Å². The van der Waals surface area contributed by atoms with Gasteiger partial charge in [0.05, 0.1) is 18.5 Å². The minimum Gasteiger partial charge on any atom is -0.479 e. The molecule has 0 fully saturated rings. The molecule has 0 aliphatic carbocycles. The van der Waals surface area contributed by atoms with Gasteiger partial charge in [0.1, 0.15) is 6.10 Å². The molecule has 1 amide bonds. The van der Waals surface area contributed by atoms with Crippen LogP contribution in [0.1, 0.15) is 27.2 Å². The average Bonchev–Trinajstić information content (AvgIpc) is 2.87. The van der Waals surface area contributed by atoms with Crippen molar-refractivity contribution in [1.29, 1.82) is 0 Å². The molecule has 21 heavy (non-hydrogen) atoms. The number of anilines is 1. The number of hydrogen-bond acceptors (Lipinski definition) is 4. The van der Waals surface area contributed by atoms with E-state index in [0.717, 1.165) is 0 Å². The smallest absolute Gasteiger partial charge is 0.331 e. The van der Waals surface area contributed by atoms with Gasteiger partial charge in [-0.05, 0) is 27.2 Å². The van der Waals surface area contributed by atoms with E-state index < -0.39 is 17.6 Å². The van der Waals surface area contributed by atoms with Crippen LogP contribution in [0, 0.1) is 0 Å². The summed E-state index contributed by atoms with van der Waals surface area (Å²) in [7, 11) is 0. The first-order valence-electron chi connectivity index (χ1n) is 6.61. The van der Waals surface area contributed by atoms with Gasteiger partial charge in [-0.3, -0.25) is 9.48 Å². The van der Waals surface area contributed by atoms with E-state index in [4.69, 9.17) is 9.84 Å². The molecule has 0 saturated heterocycles. The zero-order valence-corrected chi connectivity index (χ0v) is 12.5. The monoisotopic (exact) mass is 295 g/mol. The van der Waals surface area contributed by atoms with Crippen LogP contribution in [0.3, 0.4) is 0 Å². The molecular formula is C14H21N3O4. The zero-order valence-electron chi connectivity index (χ0n) is 12.5. The Hall–Kier alpha value is -2.15. The number of nitrogens with zero attached hydrogens (tertiary/aromatic N) is 2. The van der Waals surface area contributed by atoms with E-state index in [2.05, 4.69) is 17.0 Å². The number of aromatic nitrogens is 2. The van der Waals surface area contributed by atoms with E-state index in [-0.39, 0.29) is 5.91 Å². The highest BCUT2D eigenvalue weighted by Crippen LogP contribution is 2.17. The Bertz CT molecular complexity index is 522. The quantitative estimate of drug-likeness (QED) is 0.561. The molecule has 0 spiro atoms. The molecule has 1 unspecified atom stereocenters. The molecule has 0 aromatic carbocycles. The Labute approximate surface area is 123 Å². The highest BCUT2D eigenvalue weighted by molar-refractivity contribution is 5.93. The maximum atomic E-state index is 11.9. The number of amides is 1. The van der Waals surface area contributed by atoms with Crippen LogP contribution >= 0.6 is 0 Å². The Balaban J connectivity index is 2.64. The number of carboxylic acids is 1. The van der Waals surface area contributed by atoms with Crippen molar-refractivity contribution in [3.05, 3.63) is 25.0 Å². The highest BCUT2D eigenvalue weighted by atomic mass is 16.5. The Kier molecular flexibility index (Phi) is 5.66. The first-order valence-corrected chi connectivity index (χ1v) is 6.61. The normalized spacial score (nSPS) is 12.7. The third-order valence-electron chi connectivity index (χ3n) is 3.01. The second-order valence-electron chi connectivity index (χ2n) is 5.12. The maximum absolute atomic E-state index is 11.9. The van der Waals surface area contributed by atoms with Gasteiger partial charge in [0.15, 0.2) is 5.54 Å². The predicted octanol–water partition coefficient (Wildman–Crippen LogP) is 1.62. The van der Waals surface area contributed by atoms with Crippen LogP contribution in [0.2, 0.25) is 0 Å². The second kappa shape index (κ2) is 7.03. The number of carbonyl (C=O) groups excluding carboxylic acids is 1. The zero-order chi connectivity index (χ0) is 16.0. The average molecular weight is 295 g/mol. The van der Waals surface area contributed by atoms with Crippen molar-refractivity contribution in [2.75, 3.05) is 11.9 Å². The largest absolute Gasteiger partial charge is 0.479 e. The standard InChI is InChI=1S/C14H21N3O4/c1-5-6-7-21-10(2)12(18)16-11-8-15-17(9-11)14(3,4)13(19)20/h5,8-10H,1,6-7H2,2-4H3,(H,16,18)(H,19,20). The summed E-state index contributed by atoms with van der Waals surface area (Å²) in [5, 5.41) is 15.7. The lowest BCUT2D eigenvalue weighted by Crippen LogP contribution is -2.36. The van der Waals surface area contributed by atoms with Crippen molar-refractivity contribution in [3.8, 4) is 0 Å². The first kappa shape index (κ1) is 16.9. The molecule has 0 bridgehead atoms. The summed E-state index contributed by atoms with van der Waals surface area (Å²) >= 11 is 0. The number of carboxylic acid groups (broad SMARTS) is 1. The molecule has 7 heteroatoms. The van der Waals surface area contributed by atoms with Crippen LogP contribution in [0.5, 0.6) is 0 Å². The first-order chi connectivity index (χ1) is 9.78. The number of hydrogen-bond donors (Lipinski definition) is 2. The van der Waals surface area contributed by atoms with E-state index >= 15 is 0 Å². The van der Waals surface area contributed by atoms with Gasteiger partial charge in [-0.2, -0.15) is 5.10 Å². The van der Waals surface area contributed by atoms with Gasteiger partial charge >= 0.3 is 5.97 Å². The maximum Gasteiger partial charge on any atom is 0.331 e. The molecule has 1 atom stereocenters. The summed E-state index contributed by atoms with van der Waals surface area (Å²) in [5.41, 5.74) is -0.761. The lowest BCUT2D eigenvalue weighted by Gasteiger charge is -2.19. The fraction of sp³-hybridized carbons (Fsp3) is 0.500. The number of aliphatic carboxylic acids is 1. The van der Waals surface area contributed by atoms with Crippen LogP contribution in [-0.4, -0.2) is 39.5 Å². The second-order valence-corrected chi connectivity index (χ2v) is 5.12. The Morgan fingerprint density at radius 1 is 1.62 bits per heavy atom. The van der Waals surface area contributed by atoms with Crippen LogP contribution < -0.4 is 5.32 Å². The van der Waals surface area contributed by atoms with Crippen LogP contribution in [0.25, 0.3) is 0 Å². The van der Waals surface area contributed by atoms with E-state index in [1.54, 1.807) is 13.0 Å². The molecule has 1 rings (SSSR count). The number of ether oxygens (including phenoxy) is 1. The van der Waals surface area contributed by atoms with E-state index in [1.165, 1.54) is 30.9 Å². The summed E-state index contributed by atoms with van der Waals surface area (Å²) in [4.78, 5) is 23.0. The van der Waals surface area contributed by atoms with Crippen LogP contribution in [0.15, 0.2) is 25.0 Å². The van der Waals surface area contributed by atoms with Crippen molar-refractivity contribution in [2.24, 2.45) is 0 Å². The third-order valence-corrected chi connectivity index (χ3v) is 3.01. The SMILES string of the molecule is C=CCCOC(C)C(=O)Nc1cnn(C(C)(C)C(=O)O)c1. The molecule has 1 heterocycles. The van der Waals surface area contributed by atoms with Crippen molar-refractivity contribution in [2.45, 2.75) is 38.8 Å². The van der Waals surface area contributed by atoms with Crippen molar-refractivity contribution in [3.63, 3.8) is 0 Å². The lowest BCUT2D eigenvalue weighted by atomic mass is 10.1. The minimum atomic E-state index is -1.19. The Morgan fingerprint density at radius 3 is 2.86 bits per heavy atom. The van der Waals surface area contributed by atoms with Crippen molar-refractivity contribution >= 4 is 17.6 Å². The van der Waals surface area contributed by atoms with E-state index in [1.807, 2.05) is 0 Å². The number of rotatable bonds is 8. The van der Waals surface area contributed by atoms with Gasteiger partial charge in [0, 0.05) is 6.20 Å². The molecule has 1 aromatic heterocycles. The lowest BCUT2D eigenvalue weighted by molar-refractivity contribution is -0.146. The molecule has 7 nitrogen and oxygen atoms in total. The summed E-state index contributed by atoms with van der Waals surface area (Å²) in [5.74, 6) is -1.32. The predicted molar refractivity (Wildman–Crippen MR) is 78.0 cm³/mol. The highest BCUT2D eigenvalue weighted by Gasteiger charge is 2.30. The molecule has 116 valence electrons. The summed E-state index contributed by atoms with van der Waals surface area (Å²) in [6.45, 7) is 8.68. The molecule has 0 saturated carbocycles. The van der Waals surface area contributed by atoms with Gasteiger partial charge in [-0.15, -0.1) is 6.58 Å². The topological polar surface area (TPSA) is 93.5 Å². The molecule has 0 aliphatic heterocycles. The van der Waals surface area contributed by atoms with Crippen LogP contribution in [-0.2, 0) is 19.9 Å². The van der Waals surface area contributed by atoms with E-state index in [0.29, 0.717) is 18.7 Å².